The molecule has 0 spiro atoms. The Labute approximate surface area is 165 Å². The van der Waals surface area contributed by atoms with Crippen LogP contribution in [0.1, 0.15) is 22.3 Å². The Morgan fingerprint density at radius 2 is 0.679 bits per heavy atom. The maximum atomic E-state index is 4.02. The average Bonchev–Trinajstić information content (AvgIpc) is 2.72. The van der Waals surface area contributed by atoms with E-state index in [1.54, 1.807) is 0 Å². The monoisotopic (exact) mass is 358 g/mol. The quantitative estimate of drug-likeness (QED) is 0.279. The van der Waals surface area contributed by atoms with Gasteiger partial charge in [0.05, 0.1) is 0 Å². The summed E-state index contributed by atoms with van der Waals surface area (Å²) in [6.45, 7) is 12.3. The van der Waals surface area contributed by atoms with Crippen LogP contribution in [0, 0.1) is 13.8 Å². The predicted octanol–water partition coefficient (Wildman–Crippen LogP) is 8.20. The van der Waals surface area contributed by atoms with Crippen LogP contribution >= 0.6 is 0 Å². The maximum Gasteiger partial charge on any atom is -0.00987 e. The van der Waals surface area contributed by atoms with Gasteiger partial charge in [0.2, 0.25) is 0 Å². The largest absolute Gasteiger partial charge is 0.0984 e. The maximum absolute atomic E-state index is 4.02. The van der Waals surface area contributed by atoms with Crippen LogP contribution in [0.5, 0.6) is 0 Å². The summed E-state index contributed by atoms with van der Waals surface area (Å²) in [4.78, 5) is 0. The smallest absolute Gasteiger partial charge is 0.00987 e. The lowest BCUT2D eigenvalue weighted by molar-refractivity contribution is 1.48. The van der Waals surface area contributed by atoms with Crippen molar-refractivity contribution in [3.05, 3.63) is 96.1 Å². The van der Waals surface area contributed by atoms with Gasteiger partial charge in [0.25, 0.3) is 0 Å². The zero-order valence-electron chi connectivity index (χ0n) is 16.3. The molecule has 0 N–H and O–H groups in total. The van der Waals surface area contributed by atoms with E-state index in [0.29, 0.717) is 0 Å². The minimum absolute atomic E-state index is 1.23. The van der Waals surface area contributed by atoms with Gasteiger partial charge in [-0.05, 0) is 79.2 Å². The van der Waals surface area contributed by atoms with E-state index in [1.807, 2.05) is 12.2 Å². The van der Waals surface area contributed by atoms with Crippen molar-refractivity contribution < 1.29 is 0 Å². The van der Waals surface area contributed by atoms with Gasteiger partial charge in [-0.3, -0.25) is 0 Å². The first-order chi connectivity index (χ1) is 13.6. The topological polar surface area (TPSA) is 0 Å². The lowest BCUT2D eigenvalue weighted by Gasteiger charge is -2.13. The summed E-state index contributed by atoms with van der Waals surface area (Å²) in [7, 11) is 0. The molecule has 0 unspecified atom stereocenters. The lowest BCUT2D eigenvalue weighted by Crippen LogP contribution is -1.88. The van der Waals surface area contributed by atoms with Gasteiger partial charge in [-0.2, -0.15) is 0 Å². The Bertz CT molecular complexity index is 1340. The van der Waals surface area contributed by atoms with Crippen molar-refractivity contribution in [1.82, 2.24) is 0 Å². The first-order valence-corrected chi connectivity index (χ1v) is 9.70. The number of rotatable bonds is 2. The Kier molecular flexibility index (Phi) is 3.64. The van der Waals surface area contributed by atoms with Crippen molar-refractivity contribution >= 4 is 55.2 Å². The highest BCUT2D eigenvalue weighted by molar-refractivity contribution is 6.23. The minimum atomic E-state index is 1.23. The number of hydrogen-bond donors (Lipinski definition) is 0. The summed E-state index contributed by atoms with van der Waals surface area (Å²) < 4.78 is 0. The average molecular weight is 358 g/mol. The molecule has 0 radical (unpaired) electrons. The van der Waals surface area contributed by atoms with Crippen LogP contribution in [0.2, 0.25) is 0 Å². The van der Waals surface area contributed by atoms with Crippen molar-refractivity contribution in [1.29, 1.82) is 0 Å². The van der Waals surface area contributed by atoms with Crippen molar-refractivity contribution in [2.75, 3.05) is 0 Å². The van der Waals surface area contributed by atoms with Crippen LogP contribution in [-0.2, 0) is 0 Å². The van der Waals surface area contributed by atoms with Crippen LogP contribution in [0.4, 0.5) is 0 Å². The number of fused-ring (bicyclic) bond motifs is 7. The molecule has 0 nitrogen and oxygen atoms in total. The van der Waals surface area contributed by atoms with E-state index in [2.05, 4.69) is 87.7 Å². The van der Waals surface area contributed by atoms with Gasteiger partial charge in [-0.1, -0.05) is 86.0 Å². The molecule has 0 saturated heterocycles. The van der Waals surface area contributed by atoms with Crippen molar-refractivity contribution in [2.24, 2.45) is 0 Å². The predicted molar refractivity (Wildman–Crippen MR) is 126 cm³/mol. The standard InChI is InChI=1S/C28H22/c1-5-19-17(3)7-9-23-21(19)11-13-27-25(23)15-16-26-24-10-8-18(4)20(6-2)22(24)12-14-28(26)27/h5-16H,1-2H2,3-4H3. The molecule has 0 aliphatic rings. The number of hydrogen-bond acceptors (Lipinski definition) is 0. The second kappa shape index (κ2) is 6.07. The normalized spacial score (nSPS) is 11.5. The van der Waals surface area contributed by atoms with E-state index in [4.69, 9.17) is 0 Å². The lowest BCUT2D eigenvalue weighted by atomic mass is 9.90. The van der Waals surface area contributed by atoms with Gasteiger partial charge in [0.1, 0.15) is 0 Å². The summed E-state index contributed by atoms with van der Waals surface area (Å²) in [5.41, 5.74) is 4.98. The summed E-state index contributed by atoms with van der Waals surface area (Å²) >= 11 is 0. The third-order valence-corrected chi connectivity index (χ3v) is 6.12. The third-order valence-electron chi connectivity index (χ3n) is 6.12. The second-order valence-electron chi connectivity index (χ2n) is 7.58. The third kappa shape index (κ3) is 2.18. The van der Waals surface area contributed by atoms with E-state index in [0.717, 1.165) is 0 Å². The van der Waals surface area contributed by atoms with Gasteiger partial charge in [-0.15, -0.1) is 0 Å². The highest BCUT2D eigenvalue weighted by Crippen LogP contribution is 2.37. The van der Waals surface area contributed by atoms with Crippen LogP contribution in [-0.4, -0.2) is 0 Å². The molecule has 5 rings (SSSR count). The summed E-state index contributed by atoms with van der Waals surface area (Å²) in [5.74, 6) is 0. The molecule has 134 valence electrons. The Balaban J connectivity index is 1.95. The first-order valence-electron chi connectivity index (χ1n) is 9.70. The fraction of sp³-hybridized carbons (Fsp3) is 0.0714. The molecular formula is C28H22. The van der Waals surface area contributed by atoms with Crippen LogP contribution in [0.3, 0.4) is 0 Å². The molecule has 28 heavy (non-hydrogen) atoms. The van der Waals surface area contributed by atoms with E-state index in [-0.39, 0.29) is 0 Å². The van der Waals surface area contributed by atoms with E-state index in [1.165, 1.54) is 65.3 Å². The van der Waals surface area contributed by atoms with Gasteiger partial charge < -0.3 is 0 Å². The Hall–Kier alpha value is -3.38. The van der Waals surface area contributed by atoms with E-state index >= 15 is 0 Å². The molecule has 0 aliphatic heterocycles. The molecule has 0 heterocycles. The van der Waals surface area contributed by atoms with Crippen molar-refractivity contribution in [3.8, 4) is 0 Å². The fourth-order valence-corrected chi connectivity index (χ4v) is 4.66. The summed E-state index contributed by atoms with van der Waals surface area (Å²) in [6.07, 6.45) is 3.94. The molecule has 0 amide bonds. The van der Waals surface area contributed by atoms with Crippen molar-refractivity contribution in [3.63, 3.8) is 0 Å². The minimum Gasteiger partial charge on any atom is -0.0984 e. The first kappa shape index (κ1) is 16.8. The van der Waals surface area contributed by atoms with Crippen LogP contribution in [0.25, 0.3) is 55.2 Å². The van der Waals surface area contributed by atoms with E-state index < -0.39 is 0 Å². The molecule has 0 fully saturated rings. The van der Waals surface area contributed by atoms with Crippen molar-refractivity contribution in [2.45, 2.75) is 13.8 Å². The van der Waals surface area contributed by atoms with Crippen LogP contribution < -0.4 is 0 Å². The summed E-state index contributed by atoms with van der Waals surface area (Å²) in [5, 5.41) is 10.3. The summed E-state index contributed by atoms with van der Waals surface area (Å²) in [6, 6.07) is 22.4. The highest BCUT2D eigenvalue weighted by Gasteiger charge is 2.11. The number of benzene rings is 5. The molecule has 0 aliphatic carbocycles. The Morgan fingerprint density at radius 3 is 1.00 bits per heavy atom. The SMILES string of the molecule is C=Cc1c(C)ccc2c1ccc1c2ccc2c3ccc(C)c(C=C)c3ccc21. The zero-order valence-corrected chi connectivity index (χ0v) is 16.3. The Morgan fingerprint density at radius 1 is 0.429 bits per heavy atom. The molecule has 0 atom stereocenters. The van der Waals surface area contributed by atoms with Crippen LogP contribution in [0.15, 0.2) is 73.8 Å². The molecule has 5 aromatic rings. The second-order valence-corrected chi connectivity index (χ2v) is 7.58. The highest BCUT2D eigenvalue weighted by atomic mass is 14.1. The molecule has 5 aromatic carbocycles. The molecule has 0 aromatic heterocycles. The molecular weight excluding hydrogens is 336 g/mol. The molecule has 0 heteroatoms. The van der Waals surface area contributed by atoms with Gasteiger partial charge in [-0.25, -0.2) is 0 Å². The van der Waals surface area contributed by atoms with Gasteiger partial charge >= 0.3 is 0 Å². The van der Waals surface area contributed by atoms with E-state index in [9.17, 15) is 0 Å². The fourth-order valence-electron chi connectivity index (χ4n) is 4.66. The number of aryl methyl sites for hydroxylation is 2. The molecule has 0 bridgehead atoms. The molecule has 0 saturated carbocycles. The van der Waals surface area contributed by atoms with Gasteiger partial charge in [0, 0.05) is 0 Å². The van der Waals surface area contributed by atoms with Gasteiger partial charge in [0.15, 0.2) is 0 Å². The zero-order chi connectivity index (χ0) is 19.4.